The van der Waals surface area contributed by atoms with Gasteiger partial charge < -0.3 is 14.2 Å². The van der Waals surface area contributed by atoms with E-state index >= 15 is 0 Å². The molecule has 6 nitrogen and oxygen atoms in total. The Morgan fingerprint density at radius 2 is 1.96 bits per heavy atom. The summed E-state index contributed by atoms with van der Waals surface area (Å²) in [6.45, 7) is 2.34. The number of amides is 1. The zero-order chi connectivity index (χ0) is 17.2. The van der Waals surface area contributed by atoms with Gasteiger partial charge in [0.15, 0.2) is 0 Å². The monoisotopic (exact) mass is 343 g/mol. The van der Waals surface area contributed by atoms with Gasteiger partial charge in [0.25, 0.3) is 0 Å². The molecule has 0 fully saturated rings. The minimum Gasteiger partial charge on any atom is -0.496 e. The fourth-order valence-corrected chi connectivity index (χ4v) is 2.29. The zero-order valence-corrected chi connectivity index (χ0v) is 14.4. The number of hydrogen-bond acceptors (Lipinski definition) is 5. The standard InChI is InChI=1S/C16H22ClNO5/c1-4-23-16(20)18(11-6-5-10-17)12-8-7-9-13(21-2)14(12)15(19)22-3/h7-9H,4-6,10-11H2,1-3H3. The van der Waals surface area contributed by atoms with Gasteiger partial charge in [-0.2, -0.15) is 0 Å². The summed E-state index contributed by atoms with van der Waals surface area (Å²) in [5, 5.41) is 0. The lowest BCUT2D eigenvalue weighted by Crippen LogP contribution is -2.34. The smallest absolute Gasteiger partial charge is 0.414 e. The van der Waals surface area contributed by atoms with E-state index in [0.29, 0.717) is 30.3 Å². The normalized spacial score (nSPS) is 10.1. The lowest BCUT2D eigenvalue weighted by atomic mass is 10.1. The zero-order valence-electron chi connectivity index (χ0n) is 13.6. The van der Waals surface area contributed by atoms with Crippen LogP contribution < -0.4 is 9.64 Å². The molecule has 0 heterocycles. The number of rotatable bonds is 8. The summed E-state index contributed by atoms with van der Waals surface area (Å²) < 4.78 is 15.1. The van der Waals surface area contributed by atoms with Crippen LogP contribution in [0.5, 0.6) is 5.75 Å². The molecule has 0 N–H and O–H groups in total. The summed E-state index contributed by atoms with van der Waals surface area (Å²) in [7, 11) is 2.73. The van der Waals surface area contributed by atoms with Crippen LogP contribution >= 0.6 is 11.6 Å². The molecule has 0 aliphatic carbocycles. The second kappa shape index (κ2) is 9.94. The van der Waals surface area contributed by atoms with Gasteiger partial charge >= 0.3 is 12.1 Å². The van der Waals surface area contributed by atoms with Crippen LogP contribution in [0, 0.1) is 0 Å². The number of nitrogens with zero attached hydrogens (tertiary/aromatic N) is 1. The van der Waals surface area contributed by atoms with Crippen molar-refractivity contribution >= 4 is 29.4 Å². The molecule has 1 amide bonds. The van der Waals surface area contributed by atoms with Crippen LogP contribution in [0.1, 0.15) is 30.1 Å². The first-order valence-corrected chi connectivity index (χ1v) is 7.89. The molecule has 0 bridgehead atoms. The molecule has 0 aliphatic heterocycles. The van der Waals surface area contributed by atoms with E-state index in [1.165, 1.54) is 19.1 Å². The summed E-state index contributed by atoms with van der Waals surface area (Å²) in [5.41, 5.74) is 0.584. The molecular formula is C16H22ClNO5. The summed E-state index contributed by atoms with van der Waals surface area (Å²) in [4.78, 5) is 25.8. The van der Waals surface area contributed by atoms with Crippen LogP contribution in [0.2, 0.25) is 0 Å². The number of halogens is 1. The van der Waals surface area contributed by atoms with Gasteiger partial charge in [-0.15, -0.1) is 11.6 Å². The molecule has 1 aromatic carbocycles. The van der Waals surface area contributed by atoms with Crippen LogP contribution in [-0.2, 0) is 9.47 Å². The molecule has 128 valence electrons. The Bertz CT molecular complexity index is 535. The van der Waals surface area contributed by atoms with Gasteiger partial charge in [0.2, 0.25) is 0 Å². The first-order valence-electron chi connectivity index (χ1n) is 7.36. The van der Waals surface area contributed by atoms with E-state index in [1.807, 2.05) is 0 Å². The molecule has 0 spiro atoms. The molecule has 0 saturated heterocycles. The van der Waals surface area contributed by atoms with Gasteiger partial charge in [0.05, 0.1) is 26.5 Å². The Kier molecular flexibility index (Phi) is 8.26. The fraction of sp³-hybridized carbons (Fsp3) is 0.500. The number of anilines is 1. The Balaban J connectivity index is 3.27. The van der Waals surface area contributed by atoms with Crippen molar-refractivity contribution in [3.8, 4) is 5.75 Å². The first kappa shape index (κ1) is 19.1. The van der Waals surface area contributed by atoms with E-state index in [-0.39, 0.29) is 12.2 Å². The minimum absolute atomic E-state index is 0.191. The third-order valence-electron chi connectivity index (χ3n) is 3.16. The predicted molar refractivity (Wildman–Crippen MR) is 88.7 cm³/mol. The van der Waals surface area contributed by atoms with Crippen molar-refractivity contribution in [2.45, 2.75) is 19.8 Å². The molecule has 0 atom stereocenters. The molecule has 7 heteroatoms. The van der Waals surface area contributed by atoms with Gasteiger partial charge in [0, 0.05) is 12.4 Å². The number of ether oxygens (including phenoxy) is 3. The van der Waals surface area contributed by atoms with Crippen molar-refractivity contribution in [1.29, 1.82) is 0 Å². The number of alkyl halides is 1. The van der Waals surface area contributed by atoms with Crippen LogP contribution in [0.4, 0.5) is 10.5 Å². The van der Waals surface area contributed by atoms with Gasteiger partial charge in [-0.25, -0.2) is 9.59 Å². The number of unbranched alkanes of at least 4 members (excludes halogenated alkanes) is 1. The van der Waals surface area contributed by atoms with E-state index in [1.54, 1.807) is 25.1 Å². The Morgan fingerprint density at radius 3 is 2.52 bits per heavy atom. The Hall–Kier alpha value is -1.95. The topological polar surface area (TPSA) is 65.1 Å². The van der Waals surface area contributed by atoms with Crippen LogP contribution in [0.25, 0.3) is 0 Å². The average Bonchev–Trinajstić information content (AvgIpc) is 2.57. The number of carbonyl (C=O) groups is 2. The van der Waals surface area contributed by atoms with Crippen molar-refractivity contribution in [1.82, 2.24) is 0 Å². The van der Waals surface area contributed by atoms with Crippen molar-refractivity contribution in [3.63, 3.8) is 0 Å². The highest BCUT2D eigenvalue weighted by Gasteiger charge is 2.26. The quantitative estimate of drug-likeness (QED) is 0.411. The van der Waals surface area contributed by atoms with Crippen molar-refractivity contribution < 1.29 is 23.8 Å². The maximum atomic E-state index is 12.3. The van der Waals surface area contributed by atoms with Crippen molar-refractivity contribution in [3.05, 3.63) is 23.8 Å². The number of esters is 1. The molecule has 0 aliphatic rings. The van der Waals surface area contributed by atoms with Gasteiger partial charge in [0.1, 0.15) is 11.3 Å². The lowest BCUT2D eigenvalue weighted by Gasteiger charge is -2.24. The van der Waals surface area contributed by atoms with Crippen LogP contribution in [0.3, 0.4) is 0 Å². The van der Waals surface area contributed by atoms with Gasteiger partial charge in [-0.3, -0.25) is 4.90 Å². The summed E-state index contributed by atoms with van der Waals surface area (Å²) in [6, 6.07) is 5.00. The maximum Gasteiger partial charge on any atom is 0.414 e. The van der Waals surface area contributed by atoms with E-state index in [4.69, 9.17) is 25.8 Å². The molecule has 0 radical (unpaired) electrons. The second-order valence-electron chi connectivity index (χ2n) is 4.59. The van der Waals surface area contributed by atoms with Gasteiger partial charge in [-0.05, 0) is 31.9 Å². The molecule has 1 aromatic rings. The molecule has 0 unspecified atom stereocenters. The van der Waals surface area contributed by atoms with E-state index < -0.39 is 12.1 Å². The molecule has 1 rings (SSSR count). The van der Waals surface area contributed by atoms with Gasteiger partial charge in [-0.1, -0.05) is 6.07 Å². The number of carbonyl (C=O) groups excluding carboxylic acids is 2. The first-order chi connectivity index (χ1) is 11.1. The number of benzene rings is 1. The third kappa shape index (κ3) is 5.03. The SMILES string of the molecule is CCOC(=O)N(CCCCCl)c1cccc(OC)c1C(=O)OC. The third-order valence-corrected chi connectivity index (χ3v) is 3.43. The Morgan fingerprint density at radius 1 is 1.22 bits per heavy atom. The summed E-state index contributed by atoms with van der Waals surface area (Å²) >= 11 is 5.69. The predicted octanol–water partition coefficient (Wildman–Crippen LogP) is 3.46. The summed E-state index contributed by atoms with van der Waals surface area (Å²) in [5.74, 6) is 0.253. The van der Waals surface area contributed by atoms with Crippen molar-refractivity contribution in [2.75, 3.05) is 38.2 Å². The maximum absolute atomic E-state index is 12.3. The second-order valence-corrected chi connectivity index (χ2v) is 4.97. The van der Waals surface area contributed by atoms with E-state index in [2.05, 4.69) is 0 Å². The molecule has 23 heavy (non-hydrogen) atoms. The molecule has 0 aromatic heterocycles. The Labute approximate surface area is 141 Å². The van der Waals surface area contributed by atoms with Crippen LogP contribution in [0.15, 0.2) is 18.2 Å². The highest BCUT2D eigenvalue weighted by atomic mass is 35.5. The average molecular weight is 344 g/mol. The summed E-state index contributed by atoms with van der Waals surface area (Å²) in [6.07, 6.45) is 0.898. The van der Waals surface area contributed by atoms with Crippen LogP contribution in [-0.4, -0.2) is 45.3 Å². The van der Waals surface area contributed by atoms with E-state index in [9.17, 15) is 9.59 Å². The highest BCUT2D eigenvalue weighted by molar-refractivity contribution is 6.17. The number of hydrogen-bond donors (Lipinski definition) is 0. The minimum atomic E-state index is -0.580. The largest absolute Gasteiger partial charge is 0.496 e. The van der Waals surface area contributed by atoms with Crippen molar-refractivity contribution in [2.24, 2.45) is 0 Å². The van der Waals surface area contributed by atoms with E-state index in [0.717, 1.165) is 6.42 Å². The fourth-order valence-electron chi connectivity index (χ4n) is 2.10. The highest BCUT2D eigenvalue weighted by Crippen LogP contribution is 2.31. The lowest BCUT2D eigenvalue weighted by molar-refractivity contribution is 0.0598. The molecular weight excluding hydrogens is 322 g/mol. The molecule has 0 saturated carbocycles. The number of methoxy groups -OCH3 is 2.